The van der Waals surface area contributed by atoms with Crippen molar-refractivity contribution in [3.63, 3.8) is 0 Å². The normalized spacial score (nSPS) is 11.4. The number of nitrogens with zero attached hydrogens (tertiary/aromatic N) is 1. The van der Waals surface area contributed by atoms with E-state index in [1.54, 1.807) is 36.4 Å². The van der Waals surface area contributed by atoms with E-state index in [0.29, 0.717) is 24.0 Å². The number of fused-ring (bicyclic) bond motifs is 1. The Labute approximate surface area is 216 Å². The van der Waals surface area contributed by atoms with Crippen LogP contribution in [0.3, 0.4) is 0 Å². The van der Waals surface area contributed by atoms with Gasteiger partial charge in [-0.2, -0.15) is 0 Å². The molecule has 0 saturated heterocycles. The summed E-state index contributed by atoms with van der Waals surface area (Å²) in [5.74, 6) is -1.63. The number of hydrogen-bond donors (Lipinski definition) is 3. The maximum absolute atomic E-state index is 12.9. The topological polar surface area (TPSA) is 167 Å². The Morgan fingerprint density at radius 2 is 1.59 bits per heavy atom. The summed E-state index contributed by atoms with van der Waals surface area (Å²) in [7, 11) is -3.75. The number of primary sulfonamides is 1. The van der Waals surface area contributed by atoms with Crippen LogP contribution in [0.4, 0.5) is 0 Å². The van der Waals surface area contributed by atoms with Crippen LogP contribution in [-0.2, 0) is 23.0 Å². The van der Waals surface area contributed by atoms with Crippen molar-refractivity contribution < 1.29 is 23.1 Å². The van der Waals surface area contributed by atoms with Crippen LogP contribution in [0.15, 0.2) is 76.4 Å². The number of carbonyl (C=O) groups is 2. The summed E-state index contributed by atoms with van der Waals surface area (Å²) in [5, 5.41) is 19.3. The van der Waals surface area contributed by atoms with Crippen molar-refractivity contribution in [2.45, 2.75) is 17.9 Å². The number of carboxylic acid groups (broad SMARTS) is 1. The van der Waals surface area contributed by atoms with E-state index in [2.05, 4.69) is 10.3 Å². The minimum Gasteiger partial charge on any atom is -0.545 e. The second kappa shape index (κ2) is 10.5. The van der Waals surface area contributed by atoms with E-state index in [0.717, 1.165) is 11.1 Å². The fraction of sp³-hybridized carbons (Fsp3) is 0.120. The second-order valence-corrected chi connectivity index (χ2v) is 10.2. The van der Waals surface area contributed by atoms with E-state index in [1.165, 1.54) is 34.9 Å². The van der Waals surface area contributed by atoms with Gasteiger partial charge in [0.2, 0.25) is 10.0 Å². The van der Waals surface area contributed by atoms with Crippen LogP contribution in [0.25, 0.3) is 10.9 Å². The molecule has 0 aliphatic rings. The average molecular weight is 538 g/mol. The van der Waals surface area contributed by atoms with Crippen molar-refractivity contribution in [1.82, 2.24) is 14.9 Å². The van der Waals surface area contributed by atoms with Gasteiger partial charge in [0.15, 0.2) is 4.77 Å². The van der Waals surface area contributed by atoms with Gasteiger partial charge in [0.1, 0.15) is 0 Å². The van der Waals surface area contributed by atoms with Crippen LogP contribution in [0.5, 0.6) is 0 Å². The van der Waals surface area contributed by atoms with Gasteiger partial charge in [-0.3, -0.25) is 14.2 Å². The molecular weight excluding hydrogens is 516 g/mol. The molecule has 0 bridgehead atoms. The predicted molar refractivity (Wildman–Crippen MR) is 137 cm³/mol. The van der Waals surface area contributed by atoms with Gasteiger partial charge in [-0.15, -0.1) is 0 Å². The smallest absolute Gasteiger partial charge is 0.262 e. The molecule has 12 heteroatoms. The zero-order valence-electron chi connectivity index (χ0n) is 19.3. The monoisotopic (exact) mass is 537 g/mol. The number of nitrogens with two attached hydrogens (primary N) is 1. The maximum Gasteiger partial charge on any atom is 0.262 e. The number of aromatic amines is 1. The van der Waals surface area contributed by atoms with Gasteiger partial charge in [-0.1, -0.05) is 30.3 Å². The molecule has 0 unspecified atom stereocenters. The molecule has 0 spiro atoms. The standard InChI is InChI=1S/C25H22N4O6S2/c26-37(34,35)19-8-3-15(4-9-19)11-12-27-22(30)17-5-1-16(2-6-17)14-29-23(31)20-10-7-18(24(32)33)13-21(20)28-25(29)36/h1-10,13H,11-12,14H2,(H,27,30)(H,28,36)(H,32,33)(H2,26,34,35)/p-1. The highest BCUT2D eigenvalue weighted by atomic mass is 32.2. The van der Waals surface area contributed by atoms with Crippen LogP contribution >= 0.6 is 12.2 Å². The first-order valence-corrected chi connectivity index (χ1v) is 13.0. The number of H-pyrrole nitrogens is 1. The van der Waals surface area contributed by atoms with Crippen molar-refractivity contribution in [2.24, 2.45) is 5.14 Å². The van der Waals surface area contributed by atoms with Gasteiger partial charge in [0.25, 0.3) is 11.5 Å². The van der Waals surface area contributed by atoms with Gasteiger partial charge >= 0.3 is 0 Å². The van der Waals surface area contributed by atoms with Crippen molar-refractivity contribution in [3.05, 3.63) is 104 Å². The number of carboxylic acids is 1. The van der Waals surface area contributed by atoms with Crippen molar-refractivity contribution in [2.75, 3.05) is 6.54 Å². The average Bonchev–Trinajstić information content (AvgIpc) is 2.86. The zero-order valence-corrected chi connectivity index (χ0v) is 20.9. The molecule has 0 aliphatic heterocycles. The van der Waals surface area contributed by atoms with E-state index >= 15 is 0 Å². The van der Waals surface area contributed by atoms with Crippen molar-refractivity contribution >= 4 is 45.0 Å². The second-order valence-electron chi connectivity index (χ2n) is 8.26. The SMILES string of the molecule is NS(=O)(=O)c1ccc(CCNC(=O)c2ccc(Cn3c(=S)[nH]c4cc(C(=O)[O-])ccc4c3=O)cc2)cc1. The number of nitrogens with one attached hydrogen (secondary N) is 2. The lowest BCUT2D eigenvalue weighted by Gasteiger charge is -2.10. The van der Waals surface area contributed by atoms with E-state index in [9.17, 15) is 27.9 Å². The maximum atomic E-state index is 12.9. The highest BCUT2D eigenvalue weighted by Gasteiger charge is 2.10. The number of sulfonamides is 1. The molecule has 10 nitrogen and oxygen atoms in total. The minimum atomic E-state index is -3.75. The van der Waals surface area contributed by atoms with Crippen molar-refractivity contribution in [1.29, 1.82) is 0 Å². The van der Waals surface area contributed by atoms with Crippen LogP contribution < -0.4 is 21.1 Å². The Morgan fingerprint density at radius 1 is 0.973 bits per heavy atom. The Kier molecular flexibility index (Phi) is 7.34. The third-order valence-corrected chi connectivity index (χ3v) is 6.98. The predicted octanol–water partition coefficient (Wildman–Crippen LogP) is 1.09. The molecule has 0 atom stereocenters. The summed E-state index contributed by atoms with van der Waals surface area (Å²) in [6, 6.07) is 16.8. The molecule has 4 N–H and O–H groups in total. The number of aromatic nitrogens is 2. The van der Waals surface area contributed by atoms with Gasteiger partial charge in [-0.25, -0.2) is 13.6 Å². The number of rotatable bonds is 8. The highest BCUT2D eigenvalue weighted by Crippen LogP contribution is 2.13. The molecule has 37 heavy (non-hydrogen) atoms. The lowest BCUT2D eigenvalue weighted by atomic mass is 10.1. The summed E-state index contributed by atoms with van der Waals surface area (Å²) in [5.41, 5.74) is 1.88. The minimum absolute atomic E-state index is 0.0252. The van der Waals surface area contributed by atoms with E-state index in [-0.39, 0.29) is 38.6 Å². The third kappa shape index (κ3) is 6.00. The first-order chi connectivity index (χ1) is 17.5. The molecule has 0 fully saturated rings. The molecule has 1 heterocycles. The Hall–Kier alpha value is -4.13. The number of benzene rings is 3. The molecule has 4 aromatic rings. The Balaban J connectivity index is 1.41. The zero-order chi connectivity index (χ0) is 26.7. The summed E-state index contributed by atoms with van der Waals surface area (Å²) in [6.07, 6.45) is 0.502. The summed E-state index contributed by atoms with van der Waals surface area (Å²) in [4.78, 5) is 39.4. The molecule has 1 aromatic heterocycles. The summed E-state index contributed by atoms with van der Waals surface area (Å²) >= 11 is 5.30. The van der Waals surface area contributed by atoms with E-state index < -0.39 is 16.0 Å². The van der Waals surface area contributed by atoms with Crippen LogP contribution in [0.2, 0.25) is 0 Å². The molecule has 4 rings (SSSR count). The largest absolute Gasteiger partial charge is 0.545 e. The van der Waals surface area contributed by atoms with E-state index in [1.807, 2.05) is 0 Å². The van der Waals surface area contributed by atoms with E-state index in [4.69, 9.17) is 17.4 Å². The lowest BCUT2D eigenvalue weighted by molar-refractivity contribution is -0.255. The first-order valence-electron chi connectivity index (χ1n) is 11.0. The number of amides is 1. The quantitative estimate of drug-likeness (QED) is 0.283. The molecule has 0 saturated carbocycles. The molecule has 0 radical (unpaired) electrons. The van der Waals surface area contributed by atoms with Crippen LogP contribution in [0.1, 0.15) is 31.8 Å². The molecular formula is C25H21N4O6S2-. The number of aromatic carboxylic acids is 1. The summed E-state index contributed by atoms with van der Waals surface area (Å²) in [6.45, 7) is 0.499. The van der Waals surface area contributed by atoms with Crippen molar-refractivity contribution in [3.8, 4) is 0 Å². The molecule has 190 valence electrons. The lowest BCUT2D eigenvalue weighted by Crippen LogP contribution is -2.26. The third-order valence-electron chi connectivity index (χ3n) is 5.73. The highest BCUT2D eigenvalue weighted by molar-refractivity contribution is 7.89. The fourth-order valence-electron chi connectivity index (χ4n) is 3.74. The van der Waals surface area contributed by atoms with Gasteiger partial charge in [0.05, 0.1) is 28.3 Å². The molecule has 3 aromatic carbocycles. The fourth-order valence-corrected chi connectivity index (χ4v) is 4.51. The van der Waals surface area contributed by atoms with Gasteiger partial charge in [-0.05, 0) is 71.7 Å². The number of hydrogen-bond acceptors (Lipinski definition) is 7. The van der Waals surface area contributed by atoms with Crippen LogP contribution in [-0.4, -0.2) is 36.4 Å². The Bertz CT molecular complexity index is 1720. The van der Waals surface area contributed by atoms with Gasteiger partial charge < -0.3 is 20.2 Å². The molecule has 0 aliphatic carbocycles. The van der Waals surface area contributed by atoms with Gasteiger partial charge in [0, 0.05) is 12.1 Å². The van der Waals surface area contributed by atoms with Crippen LogP contribution in [0, 0.1) is 4.77 Å². The Morgan fingerprint density at radius 3 is 2.22 bits per heavy atom. The number of carbonyl (C=O) groups excluding carboxylic acids is 2. The first kappa shape index (κ1) is 25.9. The summed E-state index contributed by atoms with van der Waals surface area (Å²) < 4.78 is 24.1. The molecule has 1 amide bonds.